The second kappa shape index (κ2) is 17.6. The number of halogens is 1. The highest BCUT2D eigenvalue weighted by molar-refractivity contribution is 7.99. The Labute approximate surface area is 376 Å². The van der Waals surface area contributed by atoms with E-state index in [1.54, 1.807) is 43.3 Å². The van der Waals surface area contributed by atoms with Gasteiger partial charge in [-0.3, -0.25) is 24.6 Å². The molecule has 16 heteroatoms. The van der Waals surface area contributed by atoms with Crippen molar-refractivity contribution in [2.24, 2.45) is 0 Å². The number of carbonyl (C=O) groups excluding carboxylic acids is 3. The van der Waals surface area contributed by atoms with E-state index < -0.39 is 19.1 Å². The second-order valence-electron chi connectivity index (χ2n) is 16.9. The second-order valence-corrected chi connectivity index (χ2v) is 21.6. The Balaban J connectivity index is 0.838. The number of piperidine rings is 2. The number of aryl methyl sites for hydroxylation is 1. The molecule has 4 aromatic carbocycles. The number of nitrogens with zero attached hydrogens (tertiary/aromatic N) is 5. The summed E-state index contributed by atoms with van der Waals surface area (Å²) in [6.07, 6.45) is 5.03. The van der Waals surface area contributed by atoms with Crippen molar-refractivity contribution in [1.82, 2.24) is 25.1 Å². The molecule has 2 saturated heterocycles. The molecule has 5 aromatic rings. The molecule has 9 rings (SSSR count). The number of hydrogen-bond acceptors (Lipinski definition) is 12. The van der Waals surface area contributed by atoms with Crippen molar-refractivity contribution in [2.75, 3.05) is 49.1 Å². The van der Waals surface area contributed by atoms with Crippen LogP contribution in [0.15, 0.2) is 88.8 Å². The number of hydrogen-bond donors (Lipinski definition) is 3. The van der Waals surface area contributed by atoms with Crippen LogP contribution in [0.2, 0.25) is 5.02 Å². The molecule has 3 N–H and O–H groups in total. The third-order valence-electron chi connectivity index (χ3n) is 12.5. The summed E-state index contributed by atoms with van der Waals surface area (Å²) in [5.41, 5.74) is 8.04. The number of ether oxygens (including phenoxy) is 1. The predicted molar refractivity (Wildman–Crippen MR) is 249 cm³/mol. The molecule has 326 valence electrons. The number of nitrogens with one attached hydrogen (secondary N) is 3. The molecule has 5 heterocycles. The number of rotatable bonds is 12. The lowest BCUT2D eigenvalue weighted by Crippen LogP contribution is -2.52. The van der Waals surface area contributed by atoms with Crippen molar-refractivity contribution in [2.45, 2.75) is 80.5 Å². The molecule has 0 aliphatic carbocycles. The molecule has 1 aromatic heterocycles. The topological polar surface area (TPSA) is 149 Å². The first-order valence-electron chi connectivity index (χ1n) is 21.3. The van der Waals surface area contributed by atoms with E-state index in [-0.39, 0.29) is 18.2 Å². The van der Waals surface area contributed by atoms with Crippen molar-refractivity contribution in [1.29, 1.82) is 0 Å². The van der Waals surface area contributed by atoms with Gasteiger partial charge in [0.05, 0.1) is 24.7 Å². The molecule has 1 unspecified atom stereocenters. The third-order valence-corrected chi connectivity index (χ3v) is 15.4. The Kier molecular flexibility index (Phi) is 12.0. The van der Waals surface area contributed by atoms with E-state index in [0.717, 1.165) is 71.8 Å². The van der Waals surface area contributed by atoms with Crippen LogP contribution in [0.4, 0.5) is 28.8 Å². The van der Waals surface area contributed by atoms with Gasteiger partial charge < -0.3 is 29.7 Å². The van der Waals surface area contributed by atoms with Crippen molar-refractivity contribution in [3.8, 4) is 5.75 Å². The van der Waals surface area contributed by atoms with E-state index in [4.69, 9.17) is 21.3 Å². The van der Waals surface area contributed by atoms with Crippen LogP contribution in [0.1, 0.15) is 65.2 Å². The van der Waals surface area contributed by atoms with Crippen LogP contribution in [0.3, 0.4) is 0 Å². The fourth-order valence-corrected chi connectivity index (χ4v) is 11.6. The average Bonchev–Trinajstić information content (AvgIpc) is 3.85. The normalized spacial score (nSPS) is 18.0. The number of anilines is 5. The Morgan fingerprint density at radius 2 is 1.71 bits per heavy atom. The molecule has 0 spiro atoms. The molecule has 2 fully saturated rings. The Morgan fingerprint density at radius 3 is 2.48 bits per heavy atom. The van der Waals surface area contributed by atoms with Crippen molar-refractivity contribution in [3.05, 3.63) is 112 Å². The minimum absolute atomic E-state index is 0.157. The SMILES string of the molecule is CCc1cc(Nc2ncc(Cl)c(Nc3ccccc3P(C)(C)=O)n2)c(OC)cc1N1CCC(N2Cc3ccc(Sc4cccc5c4CN(C4CCC(=O)NC4=O)C5=O)cc3C2)CC1. The lowest BCUT2D eigenvalue weighted by atomic mass is 10.00. The summed E-state index contributed by atoms with van der Waals surface area (Å²) in [6.45, 7) is 9.66. The van der Waals surface area contributed by atoms with Gasteiger partial charge in [0.2, 0.25) is 17.8 Å². The summed E-state index contributed by atoms with van der Waals surface area (Å²) in [5, 5.41) is 10.1. The maximum absolute atomic E-state index is 13.4. The van der Waals surface area contributed by atoms with Crippen LogP contribution in [-0.4, -0.2) is 83.1 Å². The molecule has 0 saturated carbocycles. The van der Waals surface area contributed by atoms with Gasteiger partial charge in [-0.05, 0) is 104 Å². The number of aromatic nitrogens is 2. The van der Waals surface area contributed by atoms with Crippen molar-refractivity contribution in [3.63, 3.8) is 0 Å². The van der Waals surface area contributed by atoms with Gasteiger partial charge in [-0.15, -0.1) is 0 Å². The van der Waals surface area contributed by atoms with Gasteiger partial charge >= 0.3 is 0 Å². The zero-order valence-corrected chi connectivity index (χ0v) is 38.2. The number of imide groups is 1. The Hall–Kier alpha value is -5.40. The lowest BCUT2D eigenvalue weighted by Gasteiger charge is -2.38. The fraction of sp³-hybridized carbons (Fsp3) is 0.340. The van der Waals surface area contributed by atoms with Gasteiger partial charge in [-0.2, -0.15) is 4.98 Å². The number of benzene rings is 4. The number of fused-ring (bicyclic) bond motifs is 2. The average molecular weight is 905 g/mol. The predicted octanol–water partition coefficient (Wildman–Crippen LogP) is 8.33. The zero-order chi connectivity index (χ0) is 44.0. The lowest BCUT2D eigenvalue weighted by molar-refractivity contribution is -0.136. The molecule has 3 amide bonds. The molecule has 0 bridgehead atoms. The molecule has 4 aliphatic rings. The third kappa shape index (κ3) is 8.78. The highest BCUT2D eigenvalue weighted by Gasteiger charge is 2.40. The van der Waals surface area contributed by atoms with E-state index in [1.807, 2.05) is 42.5 Å². The summed E-state index contributed by atoms with van der Waals surface area (Å²) in [5.74, 6) is 0.590. The van der Waals surface area contributed by atoms with Crippen molar-refractivity contribution >= 4 is 82.4 Å². The maximum atomic E-state index is 13.4. The molecule has 13 nitrogen and oxygen atoms in total. The monoisotopic (exact) mass is 904 g/mol. The standard InChI is InChI=1S/C47H50ClN8O5PS/c1-5-28-22-37(51-47-49-24-35(48)44(53-47)50-36-10-6-7-11-41(36)62(3,4)60)40(61-2)23-39(28)54-19-17-31(18-20-54)55-25-29-13-14-32(21-30(29)26-55)63-42-12-8-9-33-34(42)27-56(46(33)59)38-15-16-43(57)52-45(38)58/h6-14,21-24,31,38H,5,15-20,25-27H2,1-4H3,(H,52,57,58)(H2,49,50,51,53). The Bertz CT molecular complexity index is 2690. The van der Waals surface area contributed by atoms with E-state index in [1.165, 1.54) is 22.4 Å². The fourth-order valence-electron chi connectivity index (χ4n) is 9.24. The number of carbonyl (C=O) groups is 3. The molecular formula is C47H50ClN8O5PS. The number of methoxy groups -OCH3 is 1. The minimum atomic E-state index is -2.56. The van der Waals surface area contributed by atoms with Crippen LogP contribution >= 0.6 is 30.5 Å². The van der Waals surface area contributed by atoms with Crippen LogP contribution in [0.25, 0.3) is 0 Å². The quantitative estimate of drug-likeness (QED) is 0.0817. The van der Waals surface area contributed by atoms with Gasteiger partial charge in [-0.1, -0.05) is 54.6 Å². The minimum Gasteiger partial charge on any atom is -0.494 e. The smallest absolute Gasteiger partial charge is 0.255 e. The van der Waals surface area contributed by atoms with Gasteiger partial charge in [0.1, 0.15) is 24.0 Å². The molecule has 1 atom stereocenters. The molecule has 4 aliphatic heterocycles. The van der Waals surface area contributed by atoms with Crippen LogP contribution in [0, 0.1) is 0 Å². The van der Waals surface area contributed by atoms with Gasteiger partial charge in [0.15, 0.2) is 5.82 Å². The Morgan fingerprint density at radius 1 is 0.921 bits per heavy atom. The van der Waals surface area contributed by atoms with Crippen molar-refractivity contribution < 1.29 is 23.7 Å². The number of amides is 3. The van der Waals surface area contributed by atoms with Crippen LogP contribution in [-0.2, 0) is 40.2 Å². The highest BCUT2D eigenvalue weighted by atomic mass is 35.5. The summed E-state index contributed by atoms with van der Waals surface area (Å²) >= 11 is 8.20. The molecule has 0 radical (unpaired) electrons. The van der Waals surface area contributed by atoms with E-state index >= 15 is 0 Å². The zero-order valence-electron chi connectivity index (χ0n) is 35.7. The first kappa shape index (κ1) is 42.9. The van der Waals surface area contributed by atoms with E-state index in [0.29, 0.717) is 52.8 Å². The summed E-state index contributed by atoms with van der Waals surface area (Å²) in [4.78, 5) is 55.8. The van der Waals surface area contributed by atoms with E-state index in [2.05, 4.69) is 68.0 Å². The van der Waals surface area contributed by atoms with Crippen LogP contribution < -0.4 is 30.9 Å². The van der Waals surface area contributed by atoms with Crippen LogP contribution in [0.5, 0.6) is 5.75 Å². The highest BCUT2D eigenvalue weighted by Crippen LogP contribution is 2.42. The summed E-state index contributed by atoms with van der Waals surface area (Å²) < 4.78 is 18.9. The summed E-state index contributed by atoms with van der Waals surface area (Å²) in [6, 6.07) is 24.0. The van der Waals surface area contributed by atoms with Gasteiger partial charge in [0, 0.05) is 77.6 Å². The molecule has 63 heavy (non-hydrogen) atoms. The molecular weight excluding hydrogens is 855 g/mol. The number of para-hydroxylation sites is 1. The van der Waals surface area contributed by atoms with Gasteiger partial charge in [0.25, 0.3) is 5.91 Å². The summed E-state index contributed by atoms with van der Waals surface area (Å²) in [7, 11) is -0.895. The largest absolute Gasteiger partial charge is 0.494 e. The maximum Gasteiger partial charge on any atom is 0.255 e. The van der Waals surface area contributed by atoms with E-state index in [9.17, 15) is 18.9 Å². The van der Waals surface area contributed by atoms with Gasteiger partial charge in [-0.25, -0.2) is 4.98 Å². The first-order valence-corrected chi connectivity index (χ1v) is 25.1. The first-order chi connectivity index (χ1) is 30.4.